The number of nitrogens with one attached hydrogen (secondary N) is 2. The molecular formula is C31H35F2N4O9P. The second-order valence-electron chi connectivity index (χ2n) is 11.5. The van der Waals surface area contributed by atoms with Gasteiger partial charge in [0.2, 0.25) is 12.1 Å². The third-order valence-electron chi connectivity index (χ3n) is 7.57. The van der Waals surface area contributed by atoms with Gasteiger partial charge in [-0.3, -0.25) is 18.7 Å². The lowest BCUT2D eigenvalue weighted by Crippen LogP contribution is -2.42. The maximum atomic E-state index is 15.3. The van der Waals surface area contributed by atoms with Crippen LogP contribution in [0.1, 0.15) is 38.1 Å². The van der Waals surface area contributed by atoms with E-state index < -0.39 is 62.5 Å². The Morgan fingerprint density at radius 3 is 2.34 bits per heavy atom. The highest BCUT2D eigenvalue weighted by Crippen LogP contribution is 2.48. The molecule has 13 nitrogen and oxygen atoms in total. The van der Waals surface area contributed by atoms with E-state index in [1.807, 2.05) is 24.3 Å². The first-order valence-electron chi connectivity index (χ1n) is 14.9. The highest BCUT2D eigenvalue weighted by atomic mass is 31.2. The second kappa shape index (κ2) is 14.0. The van der Waals surface area contributed by atoms with Crippen molar-refractivity contribution in [2.24, 2.45) is 5.92 Å². The average Bonchev–Trinajstić information content (AvgIpc) is 3.55. The predicted octanol–water partition coefficient (Wildman–Crippen LogP) is 3.62. The van der Waals surface area contributed by atoms with Crippen LogP contribution in [0.5, 0.6) is 5.75 Å². The van der Waals surface area contributed by atoms with Crippen LogP contribution in [-0.4, -0.2) is 63.4 Å². The number of hydrogen-bond acceptors (Lipinski definition) is 10. The van der Waals surface area contributed by atoms with Crippen molar-refractivity contribution in [3.05, 3.63) is 88.5 Å². The zero-order chi connectivity index (χ0) is 33.9. The topological polar surface area (TPSA) is 167 Å². The molecule has 2 aromatic carbocycles. The molecular weight excluding hydrogens is 641 g/mol. The van der Waals surface area contributed by atoms with Gasteiger partial charge in [-0.15, -0.1) is 0 Å². The molecule has 1 amide bonds. The lowest BCUT2D eigenvalue weighted by atomic mass is 10.1. The molecule has 5 rings (SSSR count). The molecule has 1 fully saturated rings. The van der Waals surface area contributed by atoms with E-state index in [1.54, 1.807) is 32.0 Å². The molecule has 1 aliphatic heterocycles. The van der Waals surface area contributed by atoms with Crippen molar-refractivity contribution < 1.29 is 46.6 Å². The Hall–Kier alpha value is -4.01. The molecule has 5 atom stereocenters. The molecule has 1 aromatic heterocycles. The second-order valence-corrected chi connectivity index (χ2v) is 13.2. The third kappa shape index (κ3) is 7.94. The van der Waals surface area contributed by atoms with Gasteiger partial charge < -0.3 is 24.4 Å². The summed E-state index contributed by atoms with van der Waals surface area (Å²) in [5.41, 5.74) is 0.930. The molecule has 0 saturated carbocycles. The number of nitrogens with zero attached hydrogens (tertiary/aromatic N) is 2. The van der Waals surface area contributed by atoms with Crippen molar-refractivity contribution in [1.29, 1.82) is 0 Å². The van der Waals surface area contributed by atoms with Crippen LogP contribution in [0.4, 0.5) is 14.6 Å². The Labute approximate surface area is 268 Å². The summed E-state index contributed by atoms with van der Waals surface area (Å²) in [6.45, 7) is 3.70. The molecule has 1 saturated heterocycles. The quantitative estimate of drug-likeness (QED) is 0.189. The van der Waals surface area contributed by atoms with E-state index in [1.165, 1.54) is 25.1 Å². The smallest absolute Gasteiger partial charge is 0.459 e. The standard InChI is InChI=1S/C31H35F2N4O9P/c1-18(2)44-28(40)19(3)36-47(42,46-23-11-5-4-6-12-23)43-17-24-26(38)31(32,33)29(45-24)37-14-13-25(35-30(37)41)34-27(39)22-15-20-9-7-8-10-21(20)16-22/h4-14,18-19,22,24,26,29,38H,15-17H2,1-3H3,(H,36,42)(H,34,35,39,41)/t19-,24+,26+,29+,47?/m0/s1. The minimum Gasteiger partial charge on any atom is -0.462 e. The number of fused-ring (bicyclic) bond motifs is 1. The van der Waals surface area contributed by atoms with Gasteiger partial charge in [0.1, 0.15) is 23.7 Å². The van der Waals surface area contributed by atoms with Crippen LogP contribution in [-0.2, 0) is 41.0 Å². The van der Waals surface area contributed by atoms with Crippen molar-refractivity contribution in [2.45, 2.75) is 70.1 Å². The summed E-state index contributed by atoms with van der Waals surface area (Å²) in [6.07, 6.45) is -5.09. The molecule has 1 unspecified atom stereocenters. The number of halogens is 2. The van der Waals surface area contributed by atoms with E-state index in [0.29, 0.717) is 17.4 Å². The molecule has 252 valence electrons. The highest BCUT2D eigenvalue weighted by molar-refractivity contribution is 7.52. The zero-order valence-electron chi connectivity index (χ0n) is 25.7. The summed E-state index contributed by atoms with van der Waals surface area (Å²) >= 11 is 0. The fourth-order valence-electron chi connectivity index (χ4n) is 5.25. The van der Waals surface area contributed by atoms with E-state index >= 15 is 8.78 Å². The maximum absolute atomic E-state index is 15.3. The molecule has 3 aromatic rings. The summed E-state index contributed by atoms with van der Waals surface area (Å²) in [6, 6.07) is 15.4. The van der Waals surface area contributed by atoms with Crippen LogP contribution in [0, 0.1) is 5.92 Å². The minimum atomic E-state index is -4.47. The van der Waals surface area contributed by atoms with Gasteiger partial charge in [0.05, 0.1) is 12.7 Å². The molecule has 3 N–H and O–H groups in total. The van der Waals surface area contributed by atoms with E-state index in [4.69, 9.17) is 18.5 Å². The Morgan fingerprint density at radius 2 is 1.72 bits per heavy atom. The Balaban J connectivity index is 1.26. The number of aliphatic hydroxyl groups excluding tert-OH is 1. The normalized spacial score (nSPS) is 22.3. The largest absolute Gasteiger partial charge is 0.462 e. The number of carbonyl (C=O) groups is 2. The van der Waals surface area contributed by atoms with Gasteiger partial charge in [-0.05, 0) is 62.9 Å². The van der Waals surface area contributed by atoms with Crippen LogP contribution in [0.25, 0.3) is 0 Å². The van der Waals surface area contributed by atoms with Gasteiger partial charge >= 0.3 is 25.3 Å². The molecule has 1 aliphatic carbocycles. The van der Waals surface area contributed by atoms with Gasteiger partial charge in [-0.25, -0.2) is 9.36 Å². The molecule has 16 heteroatoms. The van der Waals surface area contributed by atoms with E-state index in [0.717, 1.165) is 17.3 Å². The monoisotopic (exact) mass is 676 g/mol. The van der Waals surface area contributed by atoms with Crippen molar-refractivity contribution >= 4 is 25.4 Å². The highest BCUT2D eigenvalue weighted by Gasteiger charge is 2.60. The van der Waals surface area contributed by atoms with E-state index in [2.05, 4.69) is 15.4 Å². The first-order valence-corrected chi connectivity index (χ1v) is 16.5. The number of para-hydroxylation sites is 1. The van der Waals surface area contributed by atoms with Gasteiger partial charge in [0.25, 0.3) is 0 Å². The zero-order valence-corrected chi connectivity index (χ0v) is 26.6. The fraction of sp³-hybridized carbons (Fsp3) is 0.419. The minimum absolute atomic E-state index is 0.0751. The molecule has 2 aliphatic rings. The number of aliphatic hydroxyl groups is 1. The third-order valence-corrected chi connectivity index (χ3v) is 9.21. The van der Waals surface area contributed by atoms with Crippen LogP contribution in [0.3, 0.4) is 0 Å². The lowest BCUT2D eigenvalue weighted by Gasteiger charge is -2.25. The SMILES string of the molecule is CC(C)OC(=O)[C@H](C)NP(=O)(OC[C@H]1O[C@@H](n2ccc(NC(=O)C3Cc4ccccc4C3)nc2=O)C(F)(F)[C@@H]1O)Oc1ccccc1. The number of benzene rings is 2. The summed E-state index contributed by atoms with van der Waals surface area (Å²) in [5.74, 6) is -5.61. The Bertz CT molecular complexity index is 1680. The van der Waals surface area contributed by atoms with Crippen molar-refractivity contribution in [3.63, 3.8) is 0 Å². The van der Waals surface area contributed by atoms with Crippen LogP contribution >= 0.6 is 7.75 Å². The number of hydrogen-bond donors (Lipinski definition) is 3. The fourth-order valence-corrected chi connectivity index (χ4v) is 6.75. The number of rotatable bonds is 12. The molecule has 0 bridgehead atoms. The van der Waals surface area contributed by atoms with Gasteiger partial charge in [0.15, 0.2) is 6.10 Å². The van der Waals surface area contributed by atoms with Gasteiger partial charge in [0, 0.05) is 12.1 Å². The molecule has 2 heterocycles. The van der Waals surface area contributed by atoms with Crippen molar-refractivity contribution in [2.75, 3.05) is 11.9 Å². The Kier molecular flexibility index (Phi) is 10.2. The summed E-state index contributed by atoms with van der Waals surface area (Å²) in [7, 11) is -4.47. The number of alkyl halides is 2. The van der Waals surface area contributed by atoms with Crippen LogP contribution < -0.4 is 20.6 Å². The number of esters is 1. The van der Waals surface area contributed by atoms with Crippen molar-refractivity contribution in [1.82, 2.24) is 14.6 Å². The summed E-state index contributed by atoms with van der Waals surface area (Å²) in [4.78, 5) is 41.8. The first-order chi connectivity index (χ1) is 22.3. The van der Waals surface area contributed by atoms with E-state index in [-0.39, 0.29) is 23.4 Å². The number of anilines is 1. The van der Waals surface area contributed by atoms with Crippen molar-refractivity contribution in [3.8, 4) is 5.75 Å². The predicted molar refractivity (Wildman–Crippen MR) is 164 cm³/mol. The number of aromatic nitrogens is 2. The summed E-state index contributed by atoms with van der Waals surface area (Å²) < 4.78 is 66.2. The average molecular weight is 677 g/mol. The van der Waals surface area contributed by atoms with Crippen LogP contribution in [0.15, 0.2) is 71.7 Å². The molecule has 0 spiro atoms. The number of amides is 1. The lowest BCUT2D eigenvalue weighted by molar-refractivity contribution is -0.149. The molecule has 47 heavy (non-hydrogen) atoms. The number of carbonyl (C=O) groups excluding carboxylic acids is 2. The molecule has 0 radical (unpaired) electrons. The Morgan fingerprint density at radius 1 is 1.09 bits per heavy atom. The van der Waals surface area contributed by atoms with Gasteiger partial charge in [-0.2, -0.15) is 18.9 Å². The first kappa shape index (κ1) is 34.3. The van der Waals surface area contributed by atoms with Gasteiger partial charge in [-0.1, -0.05) is 42.5 Å². The summed E-state index contributed by atoms with van der Waals surface area (Å²) in [5, 5.41) is 15.5. The maximum Gasteiger partial charge on any atom is 0.459 e. The van der Waals surface area contributed by atoms with Crippen LogP contribution in [0.2, 0.25) is 0 Å². The number of ether oxygens (including phenoxy) is 2. The van der Waals surface area contributed by atoms with E-state index in [9.17, 15) is 24.1 Å².